The van der Waals surface area contributed by atoms with Crippen molar-refractivity contribution < 1.29 is 0 Å². The fourth-order valence-corrected chi connectivity index (χ4v) is 3.70. The largest absolute Gasteiger partial charge is 0.353 e. The average molecular weight is 383 g/mol. The van der Waals surface area contributed by atoms with Crippen molar-refractivity contribution in [3.63, 3.8) is 0 Å². The number of pyridine rings is 1. The van der Waals surface area contributed by atoms with Gasteiger partial charge >= 0.3 is 0 Å². The van der Waals surface area contributed by atoms with Crippen molar-refractivity contribution >= 4 is 16.7 Å². The van der Waals surface area contributed by atoms with E-state index < -0.39 is 0 Å². The highest BCUT2D eigenvalue weighted by atomic mass is 32.1. The first-order valence-electron chi connectivity index (χ1n) is 8.79. The van der Waals surface area contributed by atoms with E-state index in [1.165, 1.54) is 11.5 Å². The molecule has 1 aliphatic rings. The molecule has 1 saturated heterocycles. The summed E-state index contributed by atoms with van der Waals surface area (Å²) in [7, 11) is 3.93. The highest BCUT2D eigenvalue weighted by molar-refractivity contribution is 7.09. The Morgan fingerprint density at radius 1 is 1.26 bits per heavy atom. The number of hydrogen-bond donors (Lipinski definition) is 0. The van der Waals surface area contributed by atoms with Gasteiger partial charge in [0, 0.05) is 68.7 Å². The molecule has 8 nitrogen and oxygen atoms in total. The molecule has 0 N–H and O–H groups in total. The van der Waals surface area contributed by atoms with Gasteiger partial charge in [0.05, 0.1) is 18.8 Å². The molecule has 1 fully saturated rings. The van der Waals surface area contributed by atoms with Crippen LogP contribution in [0.2, 0.25) is 0 Å². The Morgan fingerprint density at radius 3 is 2.81 bits per heavy atom. The predicted octanol–water partition coefficient (Wildman–Crippen LogP) is 1.35. The van der Waals surface area contributed by atoms with Crippen LogP contribution < -0.4 is 10.5 Å². The fraction of sp³-hybridized carbons (Fsp3) is 0.389. The highest BCUT2D eigenvalue weighted by Crippen LogP contribution is 2.21. The van der Waals surface area contributed by atoms with Gasteiger partial charge in [0.25, 0.3) is 5.56 Å². The second kappa shape index (κ2) is 7.53. The number of likely N-dealkylation sites (tertiary alicyclic amines) is 1. The average Bonchev–Trinajstić information content (AvgIpc) is 3.11. The molecule has 0 bridgehead atoms. The molecule has 0 amide bonds. The summed E-state index contributed by atoms with van der Waals surface area (Å²) in [6, 6.07) is 7.13. The molecule has 4 rings (SSSR count). The Balaban J connectivity index is 1.36. The van der Waals surface area contributed by atoms with Crippen molar-refractivity contribution in [3.8, 4) is 11.3 Å². The second-order valence-corrected chi connectivity index (χ2v) is 7.66. The molecule has 0 saturated carbocycles. The molecule has 0 spiro atoms. The van der Waals surface area contributed by atoms with E-state index >= 15 is 0 Å². The third-order valence-electron chi connectivity index (χ3n) is 4.49. The van der Waals surface area contributed by atoms with Gasteiger partial charge in [-0.05, 0) is 18.2 Å². The summed E-state index contributed by atoms with van der Waals surface area (Å²) in [5.74, 6) is 1.27. The van der Waals surface area contributed by atoms with E-state index in [0.29, 0.717) is 12.5 Å². The van der Waals surface area contributed by atoms with Crippen LogP contribution in [0.4, 0.5) is 5.13 Å². The number of aromatic nitrogens is 5. The number of anilines is 1. The van der Waals surface area contributed by atoms with Crippen LogP contribution in [-0.2, 0) is 13.1 Å². The molecule has 9 heteroatoms. The maximum absolute atomic E-state index is 12.2. The van der Waals surface area contributed by atoms with E-state index in [9.17, 15) is 4.79 Å². The SMILES string of the molecule is CN(C)c1nc(CN2CC(Cn3nc(-c4cccnc4)ccc3=O)C2)ns1. The quantitative estimate of drug-likeness (QED) is 0.636. The molecule has 4 heterocycles. The van der Waals surface area contributed by atoms with Crippen molar-refractivity contribution in [3.05, 3.63) is 52.8 Å². The lowest BCUT2D eigenvalue weighted by Crippen LogP contribution is -2.49. The van der Waals surface area contributed by atoms with Crippen LogP contribution in [0, 0.1) is 5.92 Å². The molecule has 0 aliphatic carbocycles. The summed E-state index contributed by atoms with van der Waals surface area (Å²) in [6.07, 6.45) is 3.48. The van der Waals surface area contributed by atoms with E-state index in [1.807, 2.05) is 31.1 Å². The van der Waals surface area contributed by atoms with Crippen LogP contribution in [0.3, 0.4) is 0 Å². The normalized spacial score (nSPS) is 14.9. The van der Waals surface area contributed by atoms with Crippen LogP contribution in [0.1, 0.15) is 5.82 Å². The van der Waals surface area contributed by atoms with Gasteiger partial charge in [-0.3, -0.25) is 14.7 Å². The van der Waals surface area contributed by atoms with Crippen LogP contribution in [0.15, 0.2) is 41.5 Å². The molecular formula is C18H21N7OS. The zero-order valence-electron chi connectivity index (χ0n) is 15.3. The van der Waals surface area contributed by atoms with Crippen LogP contribution in [-0.4, -0.2) is 56.2 Å². The predicted molar refractivity (Wildman–Crippen MR) is 105 cm³/mol. The Labute approximate surface area is 161 Å². The summed E-state index contributed by atoms with van der Waals surface area (Å²) in [5.41, 5.74) is 1.60. The molecule has 0 unspecified atom stereocenters. The van der Waals surface area contributed by atoms with E-state index in [2.05, 4.69) is 24.3 Å². The molecule has 27 heavy (non-hydrogen) atoms. The molecule has 0 aromatic carbocycles. The number of rotatable bonds is 6. The molecule has 1 aliphatic heterocycles. The lowest BCUT2D eigenvalue weighted by molar-refractivity contribution is 0.0745. The minimum absolute atomic E-state index is 0.0714. The number of hydrogen-bond acceptors (Lipinski definition) is 8. The Hall–Kier alpha value is -2.65. The third-order valence-corrected chi connectivity index (χ3v) is 5.41. The minimum Gasteiger partial charge on any atom is -0.353 e. The van der Waals surface area contributed by atoms with Crippen molar-refractivity contribution in [2.75, 3.05) is 32.1 Å². The standard InChI is InChI=1S/C18H21N7OS/c1-23(2)18-20-16(22-27-18)12-24-9-13(10-24)11-25-17(26)6-5-15(21-25)14-4-3-7-19-8-14/h3-8,13H,9-12H2,1-2H3. The zero-order chi connectivity index (χ0) is 18.8. The summed E-state index contributed by atoms with van der Waals surface area (Å²) >= 11 is 1.42. The molecular weight excluding hydrogens is 362 g/mol. The fourth-order valence-electron chi connectivity index (χ4n) is 3.10. The van der Waals surface area contributed by atoms with Crippen molar-refractivity contribution in [1.29, 1.82) is 0 Å². The monoisotopic (exact) mass is 383 g/mol. The first-order chi connectivity index (χ1) is 13.1. The Bertz CT molecular complexity index is 963. The highest BCUT2D eigenvalue weighted by Gasteiger charge is 2.28. The lowest BCUT2D eigenvalue weighted by Gasteiger charge is -2.38. The van der Waals surface area contributed by atoms with Gasteiger partial charge in [0.1, 0.15) is 0 Å². The molecule has 3 aromatic rings. The second-order valence-electron chi connectivity index (χ2n) is 6.93. The zero-order valence-corrected chi connectivity index (χ0v) is 16.1. The van der Waals surface area contributed by atoms with Crippen LogP contribution >= 0.6 is 11.5 Å². The van der Waals surface area contributed by atoms with Gasteiger partial charge in [0.2, 0.25) is 5.13 Å². The molecule has 0 atom stereocenters. The smallest absolute Gasteiger partial charge is 0.266 e. The first-order valence-corrected chi connectivity index (χ1v) is 9.56. The van der Waals surface area contributed by atoms with Gasteiger partial charge in [0.15, 0.2) is 5.82 Å². The van der Waals surface area contributed by atoms with Gasteiger partial charge in [-0.15, -0.1) is 0 Å². The van der Waals surface area contributed by atoms with Crippen LogP contribution in [0.25, 0.3) is 11.3 Å². The van der Waals surface area contributed by atoms with Crippen molar-refractivity contribution in [2.24, 2.45) is 5.92 Å². The molecule has 0 radical (unpaired) electrons. The van der Waals surface area contributed by atoms with Gasteiger partial charge < -0.3 is 4.90 Å². The third kappa shape index (κ3) is 4.04. The summed E-state index contributed by atoms with van der Waals surface area (Å²) in [6.45, 7) is 3.21. The Kier molecular flexibility index (Phi) is 4.95. The maximum Gasteiger partial charge on any atom is 0.266 e. The topological polar surface area (TPSA) is 80.0 Å². The summed E-state index contributed by atoms with van der Waals surface area (Å²) in [4.78, 5) is 25.1. The first kappa shape index (κ1) is 17.7. The van der Waals surface area contributed by atoms with Gasteiger partial charge in [-0.25, -0.2) is 9.67 Å². The number of nitrogens with zero attached hydrogens (tertiary/aromatic N) is 7. The van der Waals surface area contributed by atoms with E-state index in [0.717, 1.165) is 41.8 Å². The lowest BCUT2D eigenvalue weighted by atomic mass is 10.0. The Morgan fingerprint density at radius 2 is 2.11 bits per heavy atom. The molecule has 3 aromatic heterocycles. The van der Waals surface area contributed by atoms with Crippen molar-refractivity contribution in [2.45, 2.75) is 13.1 Å². The van der Waals surface area contributed by atoms with Crippen LogP contribution in [0.5, 0.6) is 0 Å². The summed E-state index contributed by atoms with van der Waals surface area (Å²) < 4.78 is 5.97. The minimum atomic E-state index is -0.0714. The van der Waals surface area contributed by atoms with Gasteiger partial charge in [-0.1, -0.05) is 0 Å². The van der Waals surface area contributed by atoms with Gasteiger partial charge in [-0.2, -0.15) is 9.47 Å². The summed E-state index contributed by atoms with van der Waals surface area (Å²) in [5, 5.41) is 5.43. The molecule has 140 valence electrons. The van der Waals surface area contributed by atoms with E-state index in [1.54, 1.807) is 29.2 Å². The maximum atomic E-state index is 12.2. The van der Waals surface area contributed by atoms with Crippen molar-refractivity contribution in [1.82, 2.24) is 29.0 Å². The van der Waals surface area contributed by atoms with E-state index in [4.69, 9.17) is 0 Å². The van der Waals surface area contributed by atoms with E-state index in [-0.39, 0.29) is 5.56 Å².